The van der Waals surface area contributed by atoms with Gasteiger partial charge in [-0.15, -0.1) is 0 Å². The van der Waals surface area contributed by atoms with E-state index in [-0.39, 0.29) is 0 Å². The molecule has 3 aromatic carbocycles. The van der Waals surface area contributed by atoms with Crippen molar-refractivity contribution in [1.29, 1.82) is 0 Å². The van der Waals surface area contributed by atoms with E-state index in [1.165, 1.54) is 22.3 Å². The highest BCUT2D eigenvalue weighted by molar-refractivity contribution is 6.42. The first kappa shape index (κ1) is 17.6. The fourth-order valence-electron chi connectivity index (χ4n) is 4.05. The van der Waals surface area contributed by atoms with Gasteiger partial charge in [0.2, 0.25) is 0 Å². The van der Waals surface area contributed by atoms with Gasteiger partial charge in [-0.2, -0.15) is 0 Å². The van der Waals surface area contributed by atoms with Gasteiger partial charge < -0.3 is 0 Å². The summed E-state index contributed by atoms with van der Waals surface area (Å²) in [6.45, 7) is 0.938. The van der Waals surface area contributed by atoms with E-state index in [9.17, 15) is 0 Å². The first-order valence-electron chi connectivity index (χ1n) is 8.91. The Hall–Kier alpha value is -1.80. The van der Waals surface area contributed by atoms with Gasteiger partial charge in [0.05, 0.1) is 10.0 Å². The standard InChI is InChI=1S/C23H21Cl2N/c1-26(15-16-7-3-2-4-8-16)23-14-20(18-9-5-6-10-19(18)23)17-11-12-21(24)22(25)13-17/h2-13,20,23H,14-15H2,1H3/t20-,23-/m1/s1. The summed E-state index contributed by atoms with van der Waals surface area (Å²) in [6.07, 6.45) is 1.06. The zero-order chi connectivity index (χ0) is 18.1. The van der Waals surface area contributed by atoms with Gasteiger partial charge in [0.15, 0.2) is 0 Å². The normalized spacial score (nSPS) is 18.9. The molecule has 0 radical (unpaired) electrons. The summed E-state index contributed by atoms with van der Waals surface area (Å²) in [5, 5.41) is 1.24. The quantitative estimate of drug-likeness (QED) is 0.485. The molecule has 0 aromatic heterocycles. The fourth-order valence-corrected chi connectivity index (χ4v) is 4.36. The van der Waals surface area contributed by atoms with Gasteiger partial charge in [-0.05, 0) is 47.9 Å². The summed E-state index contributed by atoms with van der Waals surface area (Å²) in [5.41, 5.74) is 5.39. The lowest BCUT2D eigenvalue weighted by Gasteiger charge is -2.25. The summed E-state index contributed by atoms with van der Waals surface area (Å²) < 4.78 is 0. The van der Waals surface area contributed by atoms with Crippen LogP contribution in [0.15, 0.2) is 72.8 Å². The van der Waals surface area contributed by atoms with Crippen LogP contribution in [0.25, 0.3) is 0 Å². The maximum atomic E-state index is 6.28. The molecule has 0 spiro atoms. The van der Waals surface area contributed by atoms with Crippen molar-refractivity contribution in [2.75, 3.05) is 7.05 Å². The maximum absolute atomic E-state index is 6.28. The van der Waals surface area contributed by atoms with Crippen LogP contribution < -0.4 is 0 Å². The predicted octanol–water partition coefficient (Wildman–Crippen LogP) is 6.70. The number of benzene rings is 3. The molecule has 0 amide bonds. The molecule has 3 aromatic rings. The second-order valence-corrected chi connectivity index (χ2v) is 7.82. The van der Waals surface area contributed by atoms with Crippen molar-refractivity contribution in [2.24, 2.45) is 0 Å². The Labute approximate surface area is 165 Å². The van der Waals surface area contributed by atoms with E-state index in [0.29, 0.717) is 22.0 Å². The van der Waals surface area contributed by atoms with E-state index in [1.54, 1.807) is 0 Å². The average Bonchev–Trinajstić information content (AvgIpc) is 3.05. The molecule has 1 aliphatic rings. The highest BCUT2D eigenvalue weighted by Crippen LogP contribution is 2.47. The molecular formula is C23H21Cl2N. The first-order valence-corrected chi connectivity index (χ1v) is 9.67. The summed E-state index contributed by atoms with van der Waals surface area (Å²) in [7, 11) is 2.21. The summed E-state index contributed by atoms with van der Waals surface area (Å²) in [6, 6.07) is 25.8. The van der Waals surface area contributed by atoms with Crippen molar-refractivity contribution in [3.05, 3.63) is 105 Å². The number of rotatable bonds is 4. The van der Waals surface area contributed by atoms with Crippen LogP contribution in [0, 0.1) is 0 Å². The molecule has 0 N–H and O–H groups in total. The summed E-state index contributed by atoms with van der Waals surface area (Å²) in [5.74, 6) is 0.351. The van der Waals surface area contributed by atoms with Crippen molar-refractivity contribution in [2.45, 2.75) is 24.9 Å². The number of nitrogens with zero attached hydrogens (tertiary/aromatic N) is 1. The highest BCUT2D eigenvalue weighted by atomic mass is 35.5. The van der Waals surface area contributed by atoms with Crippen LogP contribution in [-0.4, -0.2) is 11.9 Å². The van der Waals surface area contributed by atoms with E-state index in [0.717, 1.165) is 13.0 Å². The molecule has 4 rings (SSSR count). The minimum Gasteiger partial charge on any atom is -0.295 e. The Morgan fingerprint density at radius 1 is 0.846 bits per heavy atom. The Balaban J connectivity index is 1.65. The predicted molar refractivity (Wildman–Crippen MR) is 110 cm³/mol. The van der Waals surface area contributed by atoms with Crippen molar-refractivity contribution in [3.63, 3.8) is 0 Å². The molecule has 0 saturated carbocycles. The van der Waals surface area contributed by atoms with Crippen LogP contribution in [-0.2, 0) is 6.54 Å². The van der Waals surface area contributed by atoms with Gasteiger partial charge in [0, 0.05) is 18.5 Å². The van der Waals surface area contributed by atoms with Gasteiger partial charge in [0.1, 0.15) is 0 Å². The van der Waals surface area contributed by atoms with Gasteiger partial charge in [-0.25, -0.2) is 0 Å². The van der Waals surface area contributed by atoms with Gasteiger partial charge in [-0.1, -0.05) is 83.9 Å². The van der Waals surface area contributed by atoms with E-state index >= 15 is 0 Å². The molecule has 0 saturated heterocycles. The van der Waals surface area contributed by atoms with Crippen molar-refractivity contribution < 1.29 is 0 Å². The maximum Gasteiger partial charge on any atom is 0.0595 e. The average molecular weight is 382 g/mol. The third-order valence-corrected chi connectivity index (χ3v) is 6.08. The van der Waals surface area contributed by atoms with E-state index < -0.39 is 0 Å². The fraction of sp³-hybridized carbons (Fsp3) is 0.217. The Morgan fingerprint density at radius 3 is 2.27 bits per heavy atom. The molecule has 3 heteroatoms. The van der Waals surface area contributed by atoms with Crippen LogP contribution >= 0.6 is 23.2 Å². The topological polar surface area (TPSA) is 3.24 Å². The molecule has 132 valence electrons. The zero-order valence-corrected chi connectivity index (χ0v) is 16.2. The van der Waals surface area contributed by atoms with E-state index in [1.807, 2.05) is 12.1 Å². The number of hydrogen-bond acceptors (Lipinski definition) is 1. The molecule has 0 fully saturated rings. The van der Waals surface area contributed by atoms with Crippen LogP contribution in [0.5, 0.6) is 0 Å². The molecule has 1 aliphatic carbocycles. The van der Waals surface area contributed by atoms with Gasteiger partial charge >= 0.3 is 0 Å². The second-order valence-electron chi connectivity index (χ2n) is 7.01. The minimum absolute atomic E-state index is 0.351. The smallest absolute Gasteiger partial charge is 0.0595 e. The monoisotopic (exact) mass is 381 g/mol. The molecule has 0 aliphatic heterocycles. The molecule has 0 unspecified atom stereocenters. The van der Waals surface area contributed by atoms with E-state index in [4.69, 9.17) is 23.2 Å². The molecule has 0 bridgehead atoms. The molecule has 2 atom stereocenters. The number of hydrogen-bond donors (Lipinski definition) is 0. The highest BCUT2D eigenvalue weighted by Gasteiger charge is 2.34. The molecule has 26 heavy (non-hydrogen) atoms. The number of halogens is 2. The molecule has 1 nitrogen and oxygen atoms in total. The van der Waals surface area contributed by atoms with Crippen LogP contribution in [0.2, 0.25) is 10.0 Å². The second kappa shape index (κ2) is 7.44. The minimum atomic E-state index is 0.351. The Kier molecular flexibility index (Phi) is 5.04. The molecular weight excluding hydrogens is 361 g/mol. The van der Waals surface area contributed by atoms with Crippen LogP contribution in [0.4, 0.5) is 0 Å². The SMILES string of the molecule is CN(Cc1ccccc1)[C@@H]1C[C@H](c2ccc(Cl)c(Cl)c2)c2ccccc21. The summed E-state index contributed by atoms with van der Waals surface area (Å²) >= 11 is 12.4. The van der Waals surface area contributed by atoms with Crippen LogP contribution in [0.3, 0.4) is 0 Å². The van der Waals surface area contributed by atoms with Gasteiger partial charge in [-0.3, -0.25) is 4.90 Å². The van der Waals surface area contributed by atoms with Crippen molar-refractivity contribution >= 4 is 23.2 Å². The van der Waals surface area contributed by atoms with E-state index in [2.05, 4.69) is 72.6 Å². The van der Waals surface area contributed by atoms with Crippen molar-refractivity contribution in [3.8, 4) is 0 Å². The molecule has 0 heterocycles. The summed E-state index contributed by atoms with van der Waals surface area (Å²) in [4.78, 5) is 2.45. The first-order chi connectivity index (χ1) is 12.6. The Morgan fingerprint density at radius 2 is 1.54 bits per heavy atom. The number of fused-ring (bicyclic) bond motifs is 1. The lowest BCUT2D eigenvalue weighted by atomic mass is 9.93. The zero-order valence-electron chi connectivity index (χ0n) is 14.7. The lowest BCUT2D eigenvalue weighted by molar-refractivity contribution is 0.232. The van der Waals surface area contributed by atoms with Crippen LogP contribution in [0.1, 0.15) is 40.6 Å². The lowest BCUT2D eigenvalue weighted by Crippen LogP contribution is -2.22. The largest absolute Gasteiger partial charge is 0.295 e. The third-order valence-electron chi connectivity index (χ3n) is 5.34. The van der Waals surface area contributed by atoms with Gasteiger partial charge in [0.25, 0.3) is 0 Å². The Bertz CT molecular complexity index is 907. The third kappa shape index (κ3) is 3.40. The van der Waals surface area contributed by atoms with Crippen molar-refractivity contribution in [1.82, 2.24) is 4.90 Å².